The first-order chi connectivity index (χ1) is 13.1. The Labute approximate surface area is 170 Å². The molecule has 1 rings (SSSR count). The minimum absolute atomic E-state index is 0.115. The highest BCUT2D eigenvalue weighted by atomic mass is 16.6. The number of rotatable bonds is 6. The van der Waals surface area contributed by atoms with Gasteiger partial charge >= 0.3 is 6.09 Å². The molecule has 1 fully saturated rings. The fourth-order valence-electron chi connectivity index (χ4n) is 3.26. The van der Waals surface area contributed by atoms with E-state index in [1.165, 1.54) is 0 Å². The van der Waals surface area contributed by atoms with Crippen molar-refractivity contribution in [3.63, 3.8) is 0 Å². The molecule has 0 bridgehead atoms. The van der Waals surface area contributed by atoms with Crippen molar-refractivity contribution in [1.29, 1.82) is 0 Å². The van der Waals surface area contributed by atoms with Gasteiger partial charge in [-0.1, -0.05) is 6.92 Å². The maximum atomic E-state index is 12.1. The molecule has 0 saturated carbocycles. The van der Waals surface area contributed by atoms with E-state index >= 15 is 0 Å². The van der Waals surface area contributed by atoms with Crippen LogP contribution in [0.25, 0.3) is 0 Å². The van der Waals surface area contributed by atoms with Crippen LogP contribution in [0.3, 0.4) is 0 Å². The zero-order chi connectivity index (χ0) is 21.3. The number of ether oxygens (including phenoxy) is 1. The zero-order valence-electron chi connectivity index (χ0n) is 18.7. The average Bonchev–Trinajstić information content (AvgIpc) is 2.61. The number of hydrogen-bond acceptors (Lipinski definition) is 4. The van der Waals surface area contributed by atoms with Crippen LogP contribution >= 0.6 is 0 Å². The molecule has 1 saturated heterocycles. The lowest BCUT2D eigenvalue weighted by Gasteiger charge is -2.34. The molecule has 28 heavy (non-hydrogen) atoms. The van der Waals surface area contributed by atoms with Crippen LogP contribution in [-0.4, -0.2) is 80.7 Å². The number of hydrogen-bond donors (Lipinski definition) is 2. The molecule has 1 unspecified atom stereocenters. The first-order valence-electron chi connectivity index (χ1n) is 10.2. The topological polar surface area (TPSA) is 86.3 Å². The van der Waals surface area contributed by atoms with E-state index in [0.717, 1.165) is 38.4 Å². The van der Waals surface area contributed by atoms with E-state index in [1.54, 1.807) is 26.0 Å². The van der Waals surface area contributed by atoms with Crippen LogP contribution < -0.4 is 10.6 Å². The molecule has 0 radical (unpaired) electrons. The second-order valence-corrected chi connectivity index (χ2v) is 8.70. The molecule has 162 valence electrons. The van der Waals surface area contributed by atoms with Crippen molar-refractivity contribution in [2.75, 3.05) is 47.3 Å². The number of likely N-dealkylation sites (tertiary alicyclic amines) is 1. The van der Waals surface area contributed by atoms with Crippen LogP contribution in [0, 0.1) is 11.8 Å². The fourth-order valence-corrected chi connectivity index (χ4v) is 3.26. The van der Waals surface area contributed by atoms with Crippen molar-refractivity contribution in [3.8, 4) is 0 Å². The van der Waals surface area contributed by atoms with E-state index in [9.17, 15) is 9.59 Å². The predicted molar refractivity (Wildman–Crippen MR) is 112 cm³/mol. The Bertz CT molecular complexity index is 536. The Morgan fingerprint density at radius 2 is 1.89 bits per heavy atom. The first kappa shape index (κ1) is 24.0. The number of piperidine rings is 1. The van der Waals surface area contributed by atoms with Gasteiger partial charge in [-0.25, -0.2) is 4.79 Å². The normalized spacial score (nSPS) is 17.1. The summed E-state index contributed by atoms with van der Waals surface area (Å²) in [5, 5.41) is 6.12. The SMILES string of the molecule is CN=C(NCC(C)CN(C)C(=O)OC(C)(C)C)N1CCC(CC(=O)NC)CC1. The largest absolute Gasteiger partial charge is 0.444 e. The van der Waals surface area contributed by atoms with E-state index in [0.29, 0.717) is 18.9 Å². The Kier molecular flexibility index (Phi) is 9.55. The lowest BCUT2D eigenvalue weighted by Crippen LogP contribution is -2.48. The Morgan fingerprint density at radius 3 is 2.39 bits per heavy atom. The summed E-state index contributed by atoms with van der Waals surface area (Å²) in [6, 6.07) is 0. The first-order valence-corrected chi connectivity index (χ1v) is 10.2. The van der Waals surface area contributed by atoms with Gasteiger partial charge in [0.1, 0.15) is 5.60 Å². The third-order valence-corrected chi connectivity index (χ3v) is 4.78. The van der Waals surface area contributed by atoms with Crippen LogP contribution in [0.4, 0.5) is 4.79 Å². The highest BCUT2D eigenvalue weighted by molar-refractivity contribution is 5.80. The van der Waals surface area contributed by atoms with Gasteiger partial charge in [-0.2, -0.15) is 0 Å². The number of nitrogens with zero attached hydrogens (tertiary/aromatic N) is 3. The van der Waals surface area contributed by atoms with Crippen LogP contribution in [0.15, 0.2) is 4.99 Å². The van der Waals surface area contributed by atoms with E-state index < -0.39 is 5.60 Å². The van der Waals surface area contributed by atoms with Crippen molar-refractivity contribution in [3.05, 3.63) is 0 Å². The number of amides is 2. The lowest BCUT2D eigenvalue weighted by molar-refractivity contribution is -0.121. The van der Waals surface area contributed by atoms with Gasteiger partial charge in [0.2, 0.25) is 5.91 Å². The lowest BCUT2D eigenvalue weighted by atomic mass is 9.93. The highest BCUT2D eigenvalue weighted by Crippen LogP contribution is 2.20. The second-order valence-electron chi connectivity index (χ2n) is 8.70. The number of guanidine groups is 1. The summed E-state index contributed by atoms with van der Waals surface area (Å²) >= 11 is 0. The zero-order valence-corrected chi connectivity index (χ0v) is 18.7. The average molecular weight is 398 g/mol. The number of aliphatic imine (C=N–C) groups is 1. The van der Waals surface area contributed by atoms with Crippen molar-refractivity contribution in [2.45, 2.75) is 52.6 Å². The van der Waals surface area contributed by atoms with E-state index in [-0.39, 0.29) is 17.9 Å². The molecule has 8 nitrogen and oxygen atoms in total. The van der Waals surface area contributed by atoms with Gasteiger partial charge < -0.3 is 25.2 Å². The minimum atomic E-state index is -0.487. The summed E-state index contributed by atoms with van der Waals surface area (Å²) in [5.74, 6) is 1.69. The number of carbonyl (C=O) groups is 2. The number of nitrogens with one attached hydrogen (secondary N) is 2. The van der Waals surface area contributed by atoms with Crippen molar-refractivity contribution < 1.29 is 14.3 Å². The molecule has 2 N–H and O–H groups in total. The molecule has 0 spiro atoms. The van der Waals surface area contributed by atoms with E-state index in [2.05, 4.69) is 27.4 Å². The summed E-state index contributed by atoms with van der Waals surface area (Å²) in [4.78, 5) is 31.9. The Hall–Kier alpha value is -1.99. The predicted octanol–water partition coefficient (Wildman–Crippen LogP) is 1.91. The Morgan fingerprint density at radius 1 is 1.29 bits per heavy atom. The van der Waals surface area contributed by atoms with Gasteiger partial charge in [0.15, 0.2) is 5.96 Å². The third kappa shape index (κ3) is 8.80. The molecule has 0 aromatic heterocycles. The van der Waals surface area contributed by atoms with Gasteiger partial charge in [-0.05, 0) is 45.4 Å². The molecule has 8 heteroatoms. The minimum Gasteiger partial charge on any atom is -0.444 e. The molecule has 0 aliphatic carbocycles. The quantitative estimate of drug-likeness (QED) is 0.528. The summed E-state index contributed by atoms with van der Waals surface area (Å²) in [5.41, 5.74) is -0.487. The monoisotopic (exact) mass is 397 g/mol. The molecule has 0 aromatic rings. The third-order valence-electron chi connectivity index (χ3n) is 4.78. The molecule has 2 amide bonds. The molecule has 0 aromatic carbocycles. The second kappa shape index (κ2) is 11.1. The van der Waals surface area contributed by atoms with Crippen LogP contribution in [0.2, 0.25) is 0 Å². The molecule has 1 aliphatic rings. The van der Waals surface area contributed by atoms with Crippen molar-refractivity contribution >= 4 is 18.0 Å². The van der Waals surface area contributed by atoms with Gasteiger partial charge in [-0.15, -0.1) is 0 Å². The van der Waals surface area contributed by atoms with E-state index in [4.69, 9.17) is 4.74 Å². The standard InChI is InChI=1S/C20H39N5O3/c1-15(14-24(7)19(27)28-20(2,3)4)13-23-18(22-6)25-10-8-16(9-11-25)12-17(26)21-5/h15-16H,8-14H2,1-7H3,(H,21,26)(H,22,23). The molecule has 1 aliphatic heterocycles. The van der Waals surface area contributed by atoms with Crippen LogP contribution in [0.1, 0.15) is 47.0 Å². The summed E-state index contributed by atoms with van der Waals surface area (Å²) in [6.07, 6.45) is 2.28. The van der Waals surface area contributed by atoms with Crippen LogP contribution in [-0.2, 0) is 9.53 Å². The van der Waals surface area contributed by atoms with E-state index in [1.807, 2.05) is 20.8 Å². The summed E-state index contributed by atoms with van der Waals surface area (Å²) in [7, 11) is 5.23. The van der Waals surface area contributed by atoms with Gasteiger partial charge in [-0.3, -0.25) is 9.79 Å². The molecule has 1 atom stereocenters. The van der Waals surface area contributed by atoms with Crippen molar-refractivity contribution in [1.82, 2.24) is 20.4 Å². The molecular formula is C20H39N5O3. The maximum Gasteiger partial charge on any atom is 0.410 e. The van der Waals surface area contributed by atoms with Gasteiger partial charge in [0, 0.05) is 53.7 Å². The molecular weight excluding hydrogens is 358 g/mol. The van der Waals surface area contributed by atoms with Crippen LogP contribution in [0.5, 0.6) is 0 Å². The summed E-state index contributed by atoms with van der Waals surface area (Å²) in [6.45, 7) is 10.8. The number of carbonyl (C=O) groups excluding carboxylic acids is 2. The van der Waals surface area contributed by atoms with Gasteiger partial charge in [0.25, 0.3) is 0 Å². The van der Waals surface area contributed by atoms with Crippen molar-refractivity contribution in [2.24, 2.45) is 16.8 Å². The summed E-state index contributed by atoms with van der Waals surface area (Å²) < 4.78 is 5.39. The smallest absolute Gasteiger partial charge is 0.410 e. The molecule has 1 heterocycles. The maximum absolute atomic E-state index is 12.1. The Balaban J connectivity index is 2.40. The highest BCUT2D eigenvalue weighted by Gasteiger charge is 2.24. The fraction of sp³-hybridized carbons (Fsp3) is 0.850. The van der Waals surface area contributed by atoms with Gasteiger partial charge in [0.05, 0.1) is 0 Å².